The molecule has 2 bridgehead atoms. The van der Waals surface area contributed by atoms with Gasteiger partial charge >= 0.3 is 0 Å². The number of fused-ring (bicyclic) bond motifs is 2. The van der Waals surface area contributed by atoms with Gasteiger partial charge in [0.15, 0.2) is 0 Å². The Balaban J connectivity index is 1.66. The molecule has 3 aromatic rings. The summed E-state index contributed by atoms with van der Waals surface area (Å²) in [6, 6.07) is 32.4. The second kappa shape index (κ2) is 7.75. The Hall–Kier alpha value is -2.46. The van der Waals surface area contributed by atoms with Crippen LogP contribution in [-0.4, -0.2) is 28.8 Å². The van der Waals surface area contributed by atoms with Gasteiger partial charge in [-0.05, 0) is 36.0 Å². The van der Waals surface area contributed by atoms with E-state index in [0.717, 1.165) is 12.8 Å². The van der Waals surface area contributed by atoms with Gasteiger partial charge in [-0.25, -0.2) is 0 Å². The summed E-state index contributed by atoms with van der Waals surface area (Å²) in [5.74, 6) is 0. The first-order chi connectivity index (χ1) is 14.3. The van der Waals surface area contributed by atoms with Gasteiger partial charge in [0.2, 0.25) is 0 Å². The van der Waals surface area contributed by atoms with Gasteiger partial charge in [0.1, 0.15) is 0 Å². The van der Waals surface area contributed by atoms with Crippen LogP contribution in [0, 0.1) is 0 Å². The molecule has 2 aliphatic heterocycles. The first kappa shape index (κ1) is 18.6. The highest BCUT2D eigenvalue weighted by Crippen LogP contribution is 2.49. The van der Waals surface area contributed by atoms with Gasteiger partial charge in [0, 0.05) is 6.04 Å². The molecule has 3 atom stereocenters. The fourth-order valence-electron chi connectivity index (χ4n) is 5.57. The van der Waals surface area contributed by atoms with Gasteiger partial charge in [-0.3, -0.25) is 10.2 Å². The lowest BCUT2D eigenvalue weighted by molar-refractivity contribution is 0.0400. The van der Waals surface area contributed by atoms with Gasteiger partial charge in [-0.1, -0.05) is 91.0 Å². The normalized spacial score (nSPS) is 24.3. The topological polar surface area (TPSA) is 35.5 Å². The molecule has 3 aromatic carbocycles. The van der Waals surface area contributed by atoms with Crippen LogP contribution in [-0.2, 0) is 5.54 Å². The van der Waals surface area contributed by atoms with Crippen molar-refractivity contribution in [2.24, 2.45) is 0 Å². The lowest BCUT2D eigenvalue weighted by Crippen LogP contribution is -2.49. The summed E-state index contributed by atoms with van der Waals surface area (Å²) in [6.45, 7) is 0.123. The first-order valence-electron chi connectivity index (χ1n) is 10.7. The molecule has 0 amide bonds. The molecule has 0 saturated carbocycles. The molecule has 2 N–H and O–H groups in total. The number of benzene rings is 3. The third kappa shape index (κ3) is 3.01. The largest absolute Gasteiger partial charge is 0.394 e. The van der Waals surface area contributed by atoms with Crippen molar-refractivity contribution in [1.29, 1.82) is 0 Å². The number of piperidine rings is 1. The van der Waals surface area contributed by atoms with Crippen molar-refractivity contribution in [3.05, 3.63) is 108 Å². The third-order valence-corrected chi connectivity index (χ3v) is 6.74. The first-order valence-corrected chi connectivity index (χ1v) is 10.7. The Kier molecular flexibility index (Phi) is 4.96. The molecule has 148 valence electrons. The van der Waals surface area contributed by atoms with Crippen LogP contribution in [0.15, 0.2) is 91.0 Å². The van der Waals surface area contributed by atoms with Gasteiger partial charge in [-0.15, -0.1) is 0 Å². The smallest absolute Gasteiger partial charge is 0.0861 e. The quantitative estimate of drug-likeness (QED) is 0.682. The van der Waals surface area contributed by atoms with Crippen molar-refractivity contribution < 1.29 is 5.11 Å². The number of hydrogen-bond acceptors (Lipinski definition) is 3. The fourth-order valence-corrected chi connectivity index (χ4v) is 5.57. The molecule has 5 rings (SSSR count). The van der Waals surface area contributed by atoms with Crippen molar-refractivity contribution >= 4 is 0 Å². The highest BCUT2D eigenvalue weighted by molar-refractivity contribution is 5.43. The molecule has 0 aliphatic carbocycles. The molecule has 0 spiro atoms. The summed E-state index contributed by atoms with van der Waals surface area (Å²) in [5, 5.41) is 14.5. The molecule has 2 heterocycles. The summed E-state index contributed by atoms with van der Waals surface area (Å²) >= 11 is 0. The van der Waals surface area contributed by atoms with E-state index in [1.165, 1.54) is 23.1 Å². The maximum absolute atomic E-state index is 10.4. The van der Waals surface area contributed by atoms with Crippen LogP contribution in [0.25, 0.3) is 0 Å². The number of nitrogens with zero attached hydrogens (tertiary/aromatic N) is 1. The third-order valence-electron chi connectivity index (χ3n) is 6.74. The fraction of sp³-hybridized carbons (Fsp3) is 0.308. The minimum atomic E-state index is -0.272. The van der Waals surface area contributed by atoms with Gasteiger partial charge in [-0.2, -0.15) is 0 Å². The van der Waals surface area contributed by atoms with E-state index in [1.807, 2.05) is 6.07 Å². The van der Waals surface area contributed by atoms with Crippen molar-refractivity contribution in [2.75, 3.05) is 6.61 Å². The standard InChI is InChI=1S/C26H28N2O/c29-19-23(20-11-4-1-5-12-20)28-24-17-10-18-25(28)27-26(24,21-13-6-2-7-14-21)22-15-8-3-9-16-22/h1-9,11-16,23-25,27,29H,10,17-19H2/t23-,24-,25+/m0/s1. The summed E-state index contributed by atoms with van der Waals surface area (Å²) in [4.78, 5) is 2.55. The van der Waals surface area contributed by atoms with E-state index in [-0.39, 0.29) is 30.4 Å². The van der Waals surface area contributed by atoms with Crippen LogP contribution >= 0.6 is 0 Å². The molecular weight excluding hydrogens is 356 g/mol. The van der Waals surface area contributed by atoms with Crippen molar-refractivity contribution in [1.82, 2.24) is 10.2 Å². The zero-order valence-corrected chi connectivity index (χ0v) is 16.6. The second-order valence-corrected chi connectivity index (χ2v) is 8.20. The Morgan fingerprint density at radius 2 is 1.38 bits per heavy atom. The van der Waals surface area contributed by atoms with Crippen LogP contribution in [0.4, 0.5) is 0 Å². The molecule has 0 aromatic heterocycles. The number of rotatable bonds is 5. The minimum Gasteiger partial charge on any atom is -0.394 e. The van der Waals surface area contributed by atoms with Gasteiger partial charge in [0.05, 0.1) is 24.4 Å². The Morgan fingerprint density at radius 1 is 0.828 bits per heavy atom. The molecular formula is C26H28N2O. The Morgan fingerprint density at radius 3 is 1.93 bits per heavy atom. The van der Waals surface area contributed by atoms with E-state index in [9.17, 15) is 5.11 Å². The summed E-state index contributed by atoms with van der Waals surface area (Å²) in [7, 11) is 0. The van der Waals surface area contributed by atoms with E-state index < -0.39 is 0 Å². The summed E-state index contributed by atoms with van der Waals surface area (Å²) < 4.78 is 0. The van der Waals surface area contributed by atoms with E-state index >= 15 is 0 Å². The summed E-state index contributed by atoms with van der Waals surface area (Å²) in [6.07, 6.45) is 3.65. The van der Waals surface area contributed by atoms with E-state index in [1.54, 1.807) is 0 Å². The average Bonchev–Trinajstić information content (AvgIpc) is 2.98. The Labute approximate surface area is 173 Å². The predicted molar refractivity (Wildman–Crippen MR) is 116 cm³/mol. The SMILES string of the molecule is OC[C@@H](c1ccccc1)N1[C@@H]2CCC[C@H]1C(c1ccccc1)(c1ccccc1)N2. The monoisotopic (exact) mass is 384 g/mol. The lowest BCUT2D eigenvalue weighted by atomic mass is 9.75. The minimum absolute atomic E-state index is 0.00620. The predicted octanol–water partition coefficient (Wildman–Crippen LogP) is 4.45. The van der Waals surface area contributed by atoms with Crippen molar-refractivity contribution in [2.45, 2.75) is 43.1 Å². The molecule has 2 fully saturated rings. The maximum Gasteiger partial charge on any atom is 0.0861 e. The lowest BCUT2D eigenvalue weighted by Gasteiger charge is -2.43. The van der Waals surface area contributed by atoms with Crippen LogP contribution < -0.4 is 5.32 Å². The Bertz CT molecular complexity index is 889. The van der Waals surface area contributed by atoms with Crippen molar-refractivity contribution in [3.63, 3.8) is 0 Å². The zero-order chi connectivity index (χ0) is 19.7. The van der Waals surface area contributed by atoms with Crippen LogP contribution in [0.5, 0.6) is 0 Å². The van der Waals surface area contributed by atoms with Crippen LogP contribution in [0.1, 0.15) is 42.0 Å². The van der Waals surface area contributed by atoms with Gasteiger partial charge in [0.25, 0.3) is 0 Å². The van der Waals surface area contributed by atoms with Crippen LogP contribution in [0.2, 0.25) is 0 Å². The van der Waals surface area contributed by atoms with E-state index in [2.05, 4.69) is 95.1 Å². The molecule has 29 heavy (non-hydrogen) atoms. The molecule has 2 aliphatic rings. The highest BCUT2D eigenvalue weighted by Gasteiger charge is 2.56. The van der Waals surface area contributed by atoms with Crippen molar-refractivity contribution in [3.8, 4) is 0 Å². The highest BCUT2D eigenvalue weighted by atomic mass is 16.3. The maximum atomic E-state index is 10.4. The van der Waals surface area contributed by atoms with Gasteiger partial charge < -0.3 is 5.11 Å². The molecule has 3 nitrogen and oxygen atoms in total. The molecule has 3 heteroatoms. The number of aliphatic hydroxyl groups is 1. The second-order valence-electron chi connectivity index (χ2n) is 8.20. The summed E-state index contributed by atoms with van der Waals surface area (Å²) in [5.41, 5.74) is 3.52. The molecule has 2 saturated heterocycles. The molecule has 0 radical (unpaired) electrons. The van der Waals surface area contributed by atoms with E-state index in [0.29, 0.717) is 0 Å². The number of hydrogen-bond donors (Lipinski definition) is 2. The number of aliphatic hydroxyl groups excluding tert-OH is 1. The number of nitrogens with one attached hydrogen (secondary N) is 1. The zero-order valence-electron chi connectivity index (χ0n) is 16.6. The van der Waals surface area contributed by atoms with Crippen LogP contribution in [0.3, 0.4) is 0 Å². The molecule has 0 unspecified atom stereocenters. The average molecular weight is 385 g/mol. The van der Waals surface area contributed by atoms with E-state index in [4.69, 9.17) is 0 Å².